The summed E-state index contributed by atoms with van der Waals surface area (Å²) in [6.07, 6.45) is 13.3. The van der Waals surface area contributed by atoms with Gasteiger partial charge in [-0.25, -0.2) is 5.90 Å². The van der Waals surface area contributed by atoms with Crippen molar-refractivity contribution < 1.29 is 19.9 Å². The number of nitrogens with two attached hydrogens (primary N) is 4. The Morgan fingerprint density at radius 1 is 0.977 bits per heavy atom. The molecule has 0 aliphatic heterocycles. The maximum Gasteiger partial charge on any atom is 0.183 e. The summed E-state index contributed by atoms with van der Waals surface area (Å²) in [4.78, 5) is 40.1. The molecule has 0 aromatic carbocycles. The molecular formula is C34H55N5O5. The third-order valence-electron chi connectivity index (χ3n) is 7.65. The van der Waals surface area contributed by atoms with Gasteiger partial charge in [0.25, 0.3) is 0 Å². The molecule has 0 saturated carbocycles. The Kier molecular flexibility index (Phi) is 18.9. The number of unbranched alkanes of at least 4 members (excludes halogenated alkanes) is 1. The van der Waals surface area contributed by atoms with Gasteiger partial charge in [0.05, 0.1) is 5.41 Å². The molecule has 1 atom stereocenters. The molecule has 0 fully saturated rings. The van der Waals surface area contributed by atoms with Crippen LogP contribution in [0.2, 0.25) is 0 Å². The van der Waals surface area contributed by atoms with Crippen molar-refractivity contribution in [3.8, 4) is 0 Å². The minimum Gasteiger partial charge on any atom is -0.507 e. The first-order chi connectivity index (χ1) is 20.9. The van der Waals surface area contributed by atoms with Gasteiger partial charge in [0.1, 0.15) is 17.0 Å². The zero-order chi connectivity index (χ0) is 34.0. The second-order valence-corrected chi connectivity index (χ2v) is 11.8. The number of hydrogen-bond acceptors (Lipinski definition) is 10. The van der Waals surface area contributed by atoms with Crippen molar-refractivity contribution in [2.75, 3.05) is 13.6 Å². The van der Waals surface area contributed by atoms with Gasteiger partial charge in [0.15, 0.2) is 11.6 Å². The smallest absolute Gasteiger partial charge is 0.183 e. The summed E-state index contributed by atoms with van der Waals surface area (Å²) in [7, 11) is 1.50. The van der Waals surface area contributed by atoms with Crippen LogP contribution >= 0.6 is 0 Å². The zero-order valence-corrected chi connectivity index (χ0v) is 27.7. The summed E-state index contributed by atoms with van der Waals surface area (Å²) in [5, 5.41) is 21.1. The van der Waals surface area contributed by atoms with E-state index in [2.05, 4.69) is 16.8 Å². The van der Waals surface area contributed by atoms with Crippen LogP contribution < -0.4 is 23.1 Å². The van der Waals surface area contributed by atoms with Crippen LogP contribution in [-0.4, -0.2) is 35.5 Å². The number of aliphatic hydroxyl groups is 1. The van der Waals surface area contributed by atoms with Gasteiger partial charge in [-0.2, -0.15) is 0 Å². The first-order valence-corrected chi connectivity index (χ1v) is 15.0. The Balaban J connectivity index is 0.00000443. The van der Waals surface area contributed by atoms with E-state index in [1.54, 1.807) is 0 Å². The van der Waals surface area contributed by atoms with Gasteiger partial charge in [-0.15, -0.1) is 4.91 Å². The lowest BCUT2D eigenvalue weighted by Gasteiger charge is -2.36. The van der Waals surface area contributed by atoms with Crippen molar-refractivity contribution in [1.82, 2.24) is 0 Å². The second-order valence-electron chi connectivity index (χ2n) is 11.8. The largest absolute Gasteiger partial charge is 0.507 e. The molecule has 0 radical (unpaired) electrons. The number of aliphatic hydroxyl groups excluding tert-OH is 1. The Hall–Kier alpha value is -3.44. The van der Waals surface area contributed by atoms with E-state index in [-0.39, 0.29) is 48.4 Å². The highest BCUT2D eigenvalue weighted by Crippen LogP contribution is 2.48. The lowest BCUT2D eigenvalue weighted by molar-refractivity contribution is -0.127. The first-order valence-electron chi connectivity index (χ1n) is 15.0. The molecule has 2 aliphatic rings. The molecule has 0 spiro atoms. The summed E-state index contributed by atoms with van der Waals surface area (Å²) in [6, 6.07) is 0. The monoisotopic (exact) mass is 613 g/mol. The van der Waals surface area contributed by atoms with Gasteiger partial charge in [-0.05, 0) is 105 Å². The minimum atomic E-state index is -1.35. The number of ketones is 2. The molecule has 10 heteroatoms. The minimum absolute atomic E-state index is 0.0186. The first kappa shape index (κ1) is 40.6. The maximum atomic E-state index is 14.2. The quantitative estimate of drug-likeness (QED) is 0.0430. The van der Waals surface area contributed by atoms with E-state index in [4.69, 9.17) is 16.7 Å². The topological polar surface area (TPSA) is 208 Å². The fourth-order valence-corrected chi connectivity index (χ4v) is 5.15. The highest BCUT2D eigenvalue weighted by molar-refractivity contribution is 6.24. The van der Waals surface area contributed by atoms with E-state index in [1.807, 2.05) is 71.9 Å². The normalized spacial score (nSPS) is 17.2. The van der Waals surface area contributed by atoms with E-state index in [1.165, 1.54) is 12.6 Å². The van der Waals surface area contributed by atoms with Crippen molar-refractivity contribution in [1.29, 1.82) is 0 Å². The van der Waals surface area contributed by atoms with Crippen LogP contribution in [0.15, 0.2) is 86.1 Å². The maximum absolute atomic E-state index is 14.2. The van der Waals surface area contributed by atoms with Crippen molar-refractivity contribution in [2.45, 2.75) is 92.9 Å². The second kappa shape index (κ2) is 20.5. The van der Waals surface area contributed by atoms with Crippen LogP contribution in [0.4, 0.5) is 0 Å². The van der Waals surface area contributed by atoms with Crippen LogP contribution in [0.25, 0.3) is 0 Å². The SMILES string of the molecule is CC(C)=CCC1=C(N=O)C(CC=C(C)C)(CC=C(C)C)C(=O)C(C(=O)CCCCC2=CC=C(N)C(CN)C2)=C1O.CN.NO. The van der Waals surface area contributed by atoms with Gasteiger partial charge in [0.2, 0.25) is 0 Å². The molecule has 44 heavy (non-hydrogen) atoms. The van der Waals surface area contributed by atoms with E-state index in [0.29, 0.717) is 13.0 Å². The molecule has 0 saturated heterocycles. The number of carbonyl (C=O) groups is 2. The van der Waals surface area contributed by atoms with Crippen molar-refractivity contribution in [3.63, 3.8) is 0 Å². The molecule has 0 aromatic heterocycles. The molecular weight excluding hydrogens is 558 g/mol. The van der Waals surface area contributed by atoms with Crippen LogP contribution in [0.1, 0.15) is 92.9 Å². The predicted octanol–water partition coefficient (Wildman–Crippen LogP) is 6.24. The summed E-state index contributed by atoms with van der Waals surface area (Å²) in [5.41, 5.74) is 20.1. The van der Waals surface area contributed by atoms with Crippen LogP contribution in [0, 0.1) is 16.2 Å². The Morgan fingerprint density at radius 3 is 2.00 bits per heavy atom. The molecule has 0 aromatic rings. The number of carbonyl (C=O) groups excluding carboxylic acids is 2. The Bertz CT molecular complexity index is 1200. The molecule has 1 unspecified atom stereocenters. The molecule has 2 aliphatic carbocycles. The number of allylic oxidation sites excluding steroid dienone is 12. The van der Waals surface area contributed by atoms with Crippen LogP contribution in [-0.2, 0) is 9.59 Å². The van der Waals surface area contributed by atoms with Gasteiger partial charge in [-0.1, -0.05) is 46.6 Å². The summed E-state index contributed by atoms with van der Waals surface area (Å²) in [6.45, 7) is 12.0. The van der Waals surface area contributed by atoms with Crippen molar-refractivity contribution >= 4 is 11.6 Å². The third kappa shape index (κ3) is 11.2. The summed E-state index contributed by atoms with van der Waals surface area (Å²) < 4.78 is 0. The molecule has 2 rings (SSSR count). The molecule has 0 bridgehead atoms. The highest BCUT2D eigenvalue weighted by atomic mass is 16.4. The van der Waals surface area contributed by atoms with Gasteiger partial charge >= 0.3 is 0 Å². The van der Waals surface area contributed by atoms with Gasteiger partial charge in [0, 0.05) is 30.2 Å². The van der Waals surface area contributed by atoms with Crippen LogP contribution in [0.3, 0.4) is 0 Å². The molecule has 0 heterocycles. The van der Waals surface area contributed by atoms with Crippen molar-refractivity contribution in [2.24, 2.45) is 39.6 Å². The summed E-state index contributed by atoms with van der Waals surface area (Å²) >= 11 is 0. The van der Waals surface area contributed by atoms with E-state index in [0.717, 1.165) is 41.7 Å². The molecule has 0 amide bonds. The number of rotatable bonds is 14. The summed E-state index contributed by atoms with van der Waals surface area (Å²) in [5.74, 6) is 2.31. The molecule has 246 valence electrons. The van der Waals surface area contributed by atoms with Crippen LogP contribution in [0.5, 0.6) is 0 Å². The lowest BCUT2D eigenvalue weighted by Crippen LogP contribution is -2.40. The van der Waals surface area contributed by atoms with E-state index < -0.39 is 22.7 Å². The van der Waals surface area contributed by atoms with E-state index >= 15 is 0 Å². The highest BCUT2D eigenvalue weighted by Gasteiger charge is 2.50. The Labute approximate surface area is 263 Å². The lowest BCUT2D eigenvalue weighted by atomic mass is 9.65. The Morgan fingerprint density at radius 2 is 1.52 bits per heavy atom. The van der Waals surface area contributed by atoms with Gasteiger partial charge < -0.3 is 27.5 Å². The fraction of sp³-hybridized carbons (Fsp3) is 0.529. The average Bonchev–Trinajstić information content (AvgIpc) is 3.00. The number of Topliss-reactive ketones (excluding diaryl/α,β-unsaturated/α-hetero) is 2. The average molecular weight is 614 g/mol. The standard InChI is InChI=1S/C33H47N3O4.CH5N.H3NO/c1-21(2)11-13-26-30(38)29(28(37)10-8-7-9-24-12-14-27(35)25(19-24)20-34)32(39)33(31(26)36-40,17-15-22(3)4)18-16-23(5)6;2*1-2/h11-12,14-16,25,38H,7-10,13,17-20,34-35H2,1-6H3;2H2,1H3;2H,1H2. The number of hydrogen-bond donors (Lipinski definition) is 6. The molecule has 10 nitrogen and oxygen atoms in total. The van der Waals surface area contributed by atoms with E-state index in [9.17, 15) is 19.6 Å². The molecule has 10 N–H and O–H groups in total. The third-order valence-corrected chi connectivity index (χ3v) is 7.65. The predicted molar refractivity (Wildman–Crippen MR) is 179 cm³/mol. The van der Waals surface area contributed by atoms with Crippen molar-refractivity contribution in [3.05, 3.63) is 85.9 Å². The number of nitroso groups, excluding NO2 is 1. The fourth-order valence-electron chi connectivity index (χ4n) is 5.15. The van der Waals surface area contributed by atoms with Gasteiger partial charge in [-0.3, -0.25) is 9.59 Å². The number of nitrogens with zero attached hydrogens (tertiary/aromatic N) is 1. The zero-order valence-electron chi connectivity index (χ0n) is 27.7.